The van der Waals surface area contributed by atoms with Crippen molar-refractivity contribution in [3.05, 3.63) is 0 Å². The van der Waals surface area contributed by atoms with E-state index in [0.717, 1.165) is 19.4 Å². The zero-order valence-corrected chi connectivity index (χ0v) is 15.4. The van der Waals surface area contributed by atoms with Crippen LogP contribution in [0, 0.1) is 5.92 Å². The summed E-state index contributed by atoms with van der Waals surface area (Å²) in [5.74, 6) is 0.886. The Morgan fingerprint density at radius 3 is 2.38 bits per heavy atom. The molecule has 2 bridgehead atoms. The highest BCUT2D eigenvalue weighted by atomic mass is 16.1. The maximum Gasteiger partial charge on any atom is 0.220 e. The average molecular weight is 337 g/mol. The van der Waals surface area contributed by atoms with E-state index in [9.17, 15) is 4.79 Å². The Morgan fingerprint density at radius 2 is 1.71 bits per heavy atom. The molecule has 24 heavy (non-hydrogen) atoms. The van der Waals surface area contributed by atoms with Gasteiger partial charge < -0.3 is 20.4 Å². The van der Waals surface area contributed by atoms with E-state index in [2.05, 4.69) is 27.4 Å². The molecule has 1 amide bonds. The van der Waals surface area contributed by atoms with Crippen LogP contribution in [0.4, 0.5) is 0 Å². The number of unbranched alkanes of at least 4 members (excludes halogenated alkanes) is 1. The second kappa shape index (κ2) is 9.16. The number of rotatable bonds is 8. The number of piperazine rings is 1. The fourth-order valence-electron chi connectivity index (χ4n) is 4.69. The van der Waals surface area contributed by atoms with E-state index in [1.807, 2.05) is 0 Å². The summed E-state index contributed by atoms with van der Waals surface area (Å²) in [6.45, 7) is 10.3. The number of nitrogens with zero attached hydrogens (tertiary/aromatic N) is 2. The van der Waals surface area contributed by atoms with E-state index < -0.39 is 0 Å². The first-order chi connectivity index (χ1) is 11.7. The Kier molecular flexibility index (Phi) is 6.93. The topological polar surface area (TPSA) is 47.6 Å². The quantitative estimate of drug-likeness (QED) is 0.659. The lowest BCUT2D eigenvalue weighted by Gasteiger charge is -2.34. The summed E-state index contributed by atoms with van der Waals surface area (Å²) in [6, 6.07) is 1.38. The normalized spacial score (nSPS) is 31.3. The summed E-state index contributed by atoms with van der Waals surface area (Å²) in [6.07, 6.45) is 8.08. The standard InChI is InChI=1S/C19H36N4O/c1-2-22-9-11-23(12-10-22)8-4-3-7-20-19(24)15-16-13-17-5-6-18(14-16)21-17/h16-18,21H,2-15H2,1H3,(H,20,24). The molecule has 5 heteroatoms. The number of piperidine rings is 1. The summed E-state index contributed by atoms with van der Waals surface area (Å²) < 4.78 is 0. The maximum absolute atomic E-state index is 12.1. The Balaban J connectivity index is 1.20. The van der Waals surface area contributed by atoms with Gasteiger partial charge in [-0.1, -0.05) is 6.92 Å². The number of fused-ring (bicyclic) bond motifs is 2. The Bertz CT molecular complexity index is 383. The molecular weight excluding hydrogens is 300 g/mol. The molecule has 5 nitrogen and oxygen atoms in total. The van der Waals surface area contributed by atoms with Crippen molar-refractivity contribution in [1.82, 2.24) is 20.4 Å². The molecule has 3 saturated heterocycles. The molecule has 0 aliphatic carbocycles. The first-order valence-corrected chi connectivity index (χ1v) is 10.2. The summed E-state index contributed by atoms with van der Waals surface area (Å²) in [5.41, 5.74) is 0. The van der Waals surface area contributed by atoms with Gasteiger partial charge >= 0.3 is 0 Å². The van der Waals surface area contributed by atoms with Crippen LogP contribution in [0.2, 0.25) is 0 Å². The Hall–Kier alpha value is -0.650. The predicted molar refractivity (Wildman–Crippen MR) is 98.1 cm³/mol. The smallest absolute Gasteiger partial charge is 0.220 e. The van der Waals surface area contributed by atoms with Crippen LogP contribution in [0.1, 0.15) is 51.9 Å². The van der Waals surface area contributed by atoms with E-state index in [1.54, 1.807) is 0 Å². The maximum atomic E-state index is 12.1. The zero-order chi connectivity index (χ0) is 16.8. The molecule has 0 aromatic rings. The van der Waals surface area contributed by atoms with E-state index in [-0.39, 0.29) is 5.91 Å². The number of carbonyl (C=O) groups excluding carboxylic acids is 1. The van der Waals surface area contributed by atoms with Crippen LogP contribution >= 0.6 is 0 Å². The van der Waals surface area contributed by atoms with Crippen molar-refractivity contribution in [2.24, 2.45) is 5.92 Å². The van der Waals surface area contributed by atoms with Crippen LogP contribution in [0.25, 0.3) is 0 Å². The van der Waals surface area contributed by atoms with Gasteiger partial charge in [0.15, 0.2) is 0 Å². The number of hydrogen-bond acceptors (Lipinski definition) is 4. The number of hydrogen-bond donors (Lipinski definition) is 2. The third-order valence-corrected chi connectivity index (χ3v) is 6.18. The molecular formula is C19H36N4O. The highest BCUT2D eigenvalue weighted by Gasteiger charge is 2.34. The lowest BCUT2D eigenvalue weighted by atomic mass is 9.89. The summed E-state index contributed by atoms with van der Waals surface area (Å²) in [7, 11) is 0. The molecule has 0 spiro atoms. The second-order valence-corrected chi connectivity index (χ2v) is 8.01. The summed E-state index contributed by atoms with van der Waals surface area (Å²) in [4.78, 5) is 17.2. The predicted octanol–water partition coefficient (Wildman–Crippen LogP) is 1.44. The van der Waals surface area contributed by atoms with E-state index >= 15 is 0 Å². The molecule has 0 aromatic carbocycles. The first kappa shape index (κ1) is 18.2. The van der Waals surface area contributed by atoms with Gasteiger partial charge in [-0.3, -0.25) is 4.79 Å². The van der Waals surface area contributed by atoms with Crippen LogP contribution < -0.4 is 10.6 Å². The molecule has 138 valence electrons. The van der Waals surface area contributed by atoms with Crippen molar-refractivity contribution < 1.29 is 4.79 Å². The van der Waals surface area contributed by atoms with Gasteiger partial charge in [0, 0.05) is 51.2 Å². The molecule has 0 radical (unpaired) electrons. The van der Waals surface area contributed by atoms with Crippen LogP contribution in [-0.4, -0.2) is 73.6 Å². The number of carbonyl (C=O) groups is 1. The Labute approximate surface area is 147 Å². The van der Waals surface area contributed by atoms with Gasteiger partial charge in [-0.25, -0.2) is 0 Å². The van der Waals surface area contributed by atoms with Crippen LogP contribution in [0.15, 0.2) is 0 Å². The molecule has 2 unspecified atom stereocenters. The largest absolute Gasteiger partial charge is 0.356 e. The van der Waals surface area contributed by atoms with Crippen molar-refractivity contribution >= 4 is 5.91 Å². The van der Waals surface area contributed by atoms with Gasteiger partial charge in [-0.2, -0.15) is 0 Å². The average Bonchev–Trinajstić information content (AvgIpc) is 2.93. The van der Waals surface area contributed by atoms with Crippen LogP contribution in [-0.2, 0) is 4.79 Å². The lowest BCUT2D eigenvalue weighted by Crippen LogP contribution is -2.46. The molecule has 2 N–H and O–H groups in total. The van der Waals surface area contributed by atoms with Crippen LogP contribution in [0.3, 0.4) is 0 Å². The molecule has 3 aliphatic rings. The molecule has 2 atom stereocenters. The fourth-order valence-corrected chi connectivity index (χ4v) is 4.69. The van der Waals surface area contributed by atoms with Crippen molar-refractivity contribution in [1.29, 1.82) is 0 Å². The summed E-state index contributed by atoms with van der Waals surface area (Å²) in [5, 5.41) is 6.80. The molecule has 0 aromatic heterocycles. The van der Waals surface area contributed by atoms with Gasteiger partial charge in [0.2, 0.25) is 5.91 Å². The lowest BCUT2D eigenvalue weighted by molar-refractivity contribution is -0.122. The monoisotopic (exact) mass is 336 g/mol. The Morgan fingerprint density at radius 1 is 1.04 bits per heavy atom. The number of nitrogens with one attached hydrogen (secondary N) is 2. The third kappa shape index (κ3) is 5.43. The molecule has 0 saturated carbocycles. The van der Waals surface area contributed by atoms with E-state index in [4.69, 9.17) is 0 Å². The minimum absolute atomic E-state index is 0.276. The highest BCUT2D eigenvalue weighted by Crippen LogP contribution is 2.32. The number of amides is 1. The van der Waals surface area contributed by atoms with Crippen LogP contribution in [0.5, 0.6) is 0 Å². The van der Waals surface area contributed by atoms with E-state index in [0.29, 0.717) is 18.0 Å². The van der Waals surface area contributed by atoms with E-state index in [1.165, 1.54) is 71.4 Å². The second-order valence-electron chi connectivity index (χ2n) is 8.01. The van der Waals surface area contributed by atoms with Gasteiger partial charge in [-0.15, -0.1) is 0 Å². The highest BCUT2D eigenvalue weighted by molar-refractivity contribution is 5.76. The fraction of sp³-hybridized carbons (Fsp3) is 0.947. The van der Waals surface area contributed by atoms with Gasteiger partial charge in [-0.05, 0) is 57.5 Å². The molecule has 3 rings (SSSR count). The van der Waals surface area contributed by atoms with Crippen molar-refractivity contribution in [2.75, 3.05) is 45.8 Å². The molecule has 3 heterocycles. The zero-order valence-electron chi connectivity index (χ0n) is 15.4. The SMILES string of the molecule is CCN1CCN(CCCCNC(=O)CC2CC3CCC(C2)N3)CC1. The molecule has 3 aliphatic heterocycles. The third-order valence-electron chi connectivity index (χ3n) is 6.18. The number of likely N-dealkylation sites (N-methyl/N-ethyl adjacent to an activating group) is 1. The van der Waals surface area contributed by atoms with Gasteiger partial charge in [0.1, 0.15) is 0 Å². The first-order valence-electron chi connectivity index (χ1n) is 10.2. The van der Waals surface area contributed by atoms with Gasteiger partial charge in [0.05, 0.1) is 0 Å². The summed E-state index contributed by atoms with van der Waals surface area (Å²) >= 11 is 0. The van der Waals surface area contributed by atoms with Crippen molar-refractivity contribution in [3.63, 3.8) is 0 Å². The van der Waals surface area contributed by atoms with Crippen molar-refractivity contribution in [3.8, 4) is 0 Å². The van der Waals surface area contributed by atoms with Crippen molar-refractivity contribution in [2.45, 2.75) is 64.0 Å². The minimum atomic E-state index is 0.276. The minimum Gasteiger partial charge on any atom is -0.356 e. The van der Waals surface area contributed by atoms with Gasteiger partial charge in [0.25, 0.3) is 0 Å². The molecule has 3 fully saturated rings.